The van der Waals surface area contributed by atoms with E-state index in [1.807, 2.05) is 6.07 Å². The van der Waals surface area contributed by atoms with Gasteiger partial charge in [0.05, 0.1) is 7.11 Å². The fourth-order valence-corrected chi connectivity index (χ4v) is 4.44. The molecule has 2 heterocycles. The SMILES string of the molecule is COC(=O)N/C=C/CCCc1cc(O)c(C(=O)[C@@H](C)Cc2ccc(CCC(C)C)s2)c(=O)o1. The fraction of sp³-hybridized carbons (Fsp3) is 0.480. The van der Waals surface area contributed by atoms with E-state index in [9.17, 15) is 19.5 Å². The summed E-state index contributed by atoms with van der Waals surface area (Å²) in [5.74, 6) is -0.259. The van der Waals surface area contributed by atoms with Crippen LogP contribution in [0, 0.1) is 11.8 Å². The number of Topliss-reactive ketones (excluding diaryl/α,β-unsaturated/α-hetero) is 1. The van der Waals surface area contributed by atoms with E-state index in [0.29, 0.717) is 37.4 Å². The van der Waals surface area contributed by atoms with Crippen molar-refractivity contribution in [3.63, 3.8) is 0 Å². The molecule has 0 aliphatic rings. The van der Waals surface area contributed by atoms with E-state index >= 15 is 0 Å². The van der Waals surface area contributed by atoms with E-state index < -0.39 is 23.4 Å². The lowest BCUT2D eigenvalue weighted by Crippen LogP contribution is -2.22. The molecule has 0 saturated heterocycles. The van der Waals surface area contributed by atoms with Crippen LogP contribution < -0.4 is 10.9 Å². The van der Waals surface area contributed by atoms with Crippen molar-refractivity contribution in [2.45, 2.75) is 59.3 Å². The number of carbonyl (C=O) groups is 2. The van der Waals surface area contributed by atoms with Crippen LogP contribution in [-0.4, -0.2) is 24.1 Å². The van der Waals surface area contributed by atoms with Gasteiger partial charge in [-0.3, -0.25) is 10.1 Å². The van der Waals surface area contributed by atoms with Crippen molar-refractivity contribution in [2.75, 3.05) is 7.11 Å². The number of aromatic hydroxyl groups is 1. The third kappa shape index (κ3) is 8.53. The molecule has 0 fully saturated rings. The number of thiophene rings is 1. The van der Waals surface area contributed by atoms with Crippen molar-refractivity contribution in [3.05, 3.63) is 62.0 Å². The maximum absolute atomic E-state index is 12.9. The number of carbonyl (C=O) groups excluding carboxylic acids is 2. The van der Waals surface area contributed by atoms with Crippen LogP contribution in [0.3, 0.4) is 0 Å². The lowest BCUT2D eigenvalue weighted by Gasteiger charge is -2.10. The fourth-order valence-electron chi connectivity index (χ4n) is 3.28. The van der Waals surface area contributed by atoms with Gasteiger partial charge in [-0.1, -0.05) is 26.8 Å². The second-order valence-corrected chi connectivity index (χ2v) is 9.71. The second-order valence-electron chi connectivity index (χ2n) is 8.46. The zero-order valence-electron chi connectivity index (χ0n) is 19.7. The molecule has 1 amide bonds. The number of methoxy groups -OCH3 is 1. The molecule has 0 unspecified atom stereocenters. The van der Waals surface area contributed by atoms with Gasteiger partial charge in [-0.15, -0.1) is 11.3 Å². The summed E-state index contributed by atoms with van der Waals surface area (Å²) in [5, 5.41) is 12.8. The minimum Gasteiger partial charge on any atom is -0.507 e. The molecular formula is C25H33NO6S. The molecule has 0 saturated carbocycles. The summed E-state index contributed by atoms with van der Waals surface area (Å²) in [6, 6.07) is 5.47. The lowest BCUT2D eigenvalue weighted by molar-refractivity contribution is 0.0922. The summed E-state index contributed by atoms with van der Waals surface area (Å²) in [5.41, 5.74) is -1.10. The zero-order valence-corrected chi connectivity index (χ0v) is 20.5. The molecule has 0 aliphatic carbocycles. The maximum Gasteiger partial charge on any atom is 0.410 e. The van der Waals surface area contributed by atoms with Crippen molar-refractivity contribution in [1.29, 1.82) is 0 Å². The van der Waals surface area contributed by atoms with Gasteiger partial charge in [0.2, 0.25) is 0 Å². The van der Waals surface area contributed by atoms with Gasteiger partial charge in [0.15, 0.2) is 5.78 Å². The number of alkyl carbamates (subject to hydrolysis) is 1. The van der Waals surface area contributed by atoms with E-state index in [2.05, 4.69) is 30.0 Å². The smallest absolute Gasteiger partial charge is 0.410 e. The molecule has 2 N–H and O–H groups in total. The Balaban J connectivity index is 1.94. The number of allylic oxidation sites excluding steroid dienone is 1. The number of nitrogens with one attached hydrogen (secondary N) is 1. The molecular weight excluding hydrogens is 442 g/mol. The predicted octanol–water partition coefficient (Wildman–Crippen LogP) is 5.25. The Morgan fingerprint density at radius 1 is 1.21 bits per heavy atom. The first-order valence-corrected chi connectivity index (χ1v) is 12.0. The van der Waals surface area contributed by atoms with Gasteiger partial charge in [-0.25, -0.2) is 9.59 Å². The van der Waals surface area contributed by atoms with Gasteiger partial charge < -0.3 is 14.3 Å². The quantitative estimate of drug-likeness (QED) is 0.321. The minimum atomic E-state index is -0.812. The molecule has 0 radical (unpaired) electrons. The zero-order chi connectivity index (χ0) is 24.4. The van der Waals surface area contributed by atoms with Crippen LogP contribution in [0.25, 0.3) is 0 Å². The van der Waals surface area contributed by atoms with Gasteiger partial charge in [0.25, 0.3) is 0 Å². The van der Waals surface area contributed by atoms with Gasteiger partial charge in [-0.2, -0.15) is 0 Å². The Morgan fingerprint density at radius 3 is 2.61 bits per heavy atom. The van der Waals surface area contributed by atoms with E-state index in [1.54, 1.807) is 24.3 Å². The number of ketones is 1. The molecule has 33 heavy (non-hydrogen) atoms. The first-order valence-electron chi connectivity index (χ1n) is 11.2. The van der Waals surface area contributed by atoms with E-state index in [0.717, 1.165) is 17.7 Å². The molecule has 2 aromatic rings. The highest BCUT2D eigenvalue weighted by Crippen LogP contribution is 2.25. The number of hydrogen-bond donors (Lipinski definition) is 2. The normalized spacial score (nSPS) is 12.3. The summed E-state index contributed by atoms with van der Waals surface area (Å²) >= 11 is 1.69. The average molecular weight is 476 g/mol. The summed E-state index contributed by atoms with van der Waals surface area (Å²) in [7, 11) is 1.28. The van der Waals surface area contributed by atoms with Crippen LogP contribution in [0.5, 0.6) is 5.75 Å². The van der Waals surface area contributed by atoms with Crippen LogP contribution in [0.2, 0.25) is 0 Å². The molecule has 0 spiro atoms. The first kappa shape index (κ1) is 26.4. The van der Waals surface area contributed by atoms with Crippen LogP contribution in [0.1, 0.15) is 65.9 Å². The highest BCUT2D eigenvalue weighted by atomic mass is 32.1. The third-order valence-corrected chi connectivity index (χ3v) is 6.33. The minimum absolute atomic E-state index is 0.287. The largest absolute Gasteiger partial charge is 0.507 e. The van der Waals surface area contributed by atoms with E-state index in [1.165, 1.54) is 24.3 Å². The maximum atomic E-state index is 12.9. The van der Waals surface area contributed by atoms with Crippen molar-refractivity contribution >= 4 is 23.2 Å². The van der Waals surface area contributed by atoms with Crippen LogP contribution >= 0.6 is 11.3 Å². The van der Waals surface area contributed by atoms with Crippen LogP contribution in [0.15, 0.2) is 39.7 Å². The number of amides is 1. The highest BCUT2D eigenvalue weighted by molar-refractivity contribution is 7.12. The predicted molar refractivity (Wildman–Crippen MR) is 129 cm³/mol. The van der Waals surface area contributed by atoms with Gasteiger partial charge in [0.1, 0.15) is 17.1 Å². The number of aryl methyl sites for hydroxylation is 2. The Kier molecular flexibility index (Phi) is 10.4. The third-order valence-electron chi connectivity index (χ3n) is 5.17. The van der Waals surface area contributed by atoms with E-state index in [4.69, 9.17) is 4.42 Å². The summed E-state index contributed by atoms with van der Waals surface area (Å²) in [6.45, 7) is 6.15. The molecule has 2 rings (SSSR count). The summed E-state index contributed by atoms with van der Waals surface area (Å²) < 4.78 is 9.73. The van der Waals surface area contributed by atoms with Crippen molar-refractivity contribution in [2.24, 2.45) is 11.8 Å². The monoisotopic (exact) mass is 475 g/mol. The topological polar surface area (TPSA) is 106 Å². The second kappa shape index (κ2) is 13.0. The standard InChI is InChI=1S/C25H33NO6S/c1-16(2)9-10-19-11-12-20(33-19)14-17(3)23(28)22-21(27)15-18(32-24(22)29)8-6-5-7-13-26-25(30)31-4/h7,11-13,15-17,27H,5-6,8-10,14H2,1-4H3,(H,26,30)/b13-7+/t17-/m0/s1. The molecule has 2 aromatic heterocycles. The number of hydrogen-bond acceptors (Lipinski definition) is 7. The summed E-state index contributed by atoms with van der Waals surface area (Å²) in [4.78, 5) is 38.6. The van der Waals surface area contributed by atoms with Gasteiger partial charge in [0, 0.05) is 34.4 Å². The first-order chi connectivity index (χ1) is 15.7. The average Bonchev–Trinajstić information content (AvgIpc) is 3.21. The Bertz CT molecular complexity index is 1020. The number of unbranched alkanes of at least 4 members (excludes halogenated alkanes) is 1. The Hall–Kier alpha value is -2.87. The van der Waals surface area contributed by atoms with Crippen LogP contribution in [0.4, 0.5) is 4.79 Å². The van der Waals surface area contributed by atoms with E-state index in [-0.39, 0.29) is 11.3 Å². The highest BCUT2D eigenvalue weighted by Gasteiger charge is 2.24. The van der Waals surface area contributed by atoms with Crippen LogP contribution in [-0.2, 0) is 24.0 Å². The van der Waals surface area contributed by atoms with Crippen molar-refractivity contribution in [3.8, 4) is 5.75 Å². The molecule has 1 atom stereocenters. The number of ether oxygens (including phenoxy) is 1. The molecule has 0 aliphatic heterocycles. The lowest BCUT2D eigenvalue weighted by atomic mass is 9.96. The van der Waals surface area contributed by atoms with Gasteiger partial charge in [-0.05, 0) is 50.2 Å². The molecule has 0 bridgehead atoms. The van der Waals surface area contributed by atoms with Crippen molar-refractivity contribution in [1.82, 2.24) is 5.32 Å². The molecule has 180 valence electrons. The van der Waals surface area contributed by atoms with Crippen molar-refractivity contribution < 1.29 is 23.8 Å². The summed E-state index contributed by atoms with van der Waals surface area (Å²) in [6.07, 6.45) is 6.97. The molecule has 7 nitrogen and oxygen atoms in total. The molecule has 8 heteroatoms. The number of rotatable bonds is 12. The van der Waals surface area contributed by atoms with Gasteiger partial charge >= 0.3 is 11.7 Å². The molecule has 0 aromatic carbocycles. The Morgan fingerprint density at radius 2 is 1.94 bits per heavy atom. The Labute approximate surface area is 198 Å².